The summed E-state index contributed by atoms with van der Waals surface area (Å²) in [6.45, 7) is 3.85. The van der Waals surface area contributed by atoms with Crippen LogP contribution in [0.15, 0.2) is 17.5 Å². The van der Waals surface area contributed by atoms with Crippen LogP contribution in [0.3, 0.4) is 0 Å². The first kappa shape index (κ1) is 12.4. The number of hydrogen-bond acceptors (Lipinski definition) is 3. The summed E-state index contributed by atoms with van der Waals surface area (Å²) in [5, 5.41) is 6.09. The van der Waals surface area contributed by atoms with Crippen molar-refractivity contribution in [3.05, 3.63) is 22.4 Å². The van der Waals surface area contributed by atoms with Crippen molar-refractivity contribution in [3.8, 4) is 0 Å². The van der Waals surface area contributed by atoms with Gasteiger partial charge in [0.2, 0.25) is 0 Å². The number of likely N-dealkylation sites (tertiary alicyclic amines) is 1. The molecule has 2 aliphatic carbocycles. The van der Waals surface area contributed by atoms with Gasteiger partial charge in [0, 0.05) is 36.0 Å². The third kappa shape index (κ3) is 3.04. The van der Waals surface area contributed by atoms with E-state index in [2.05, 4.69) is 27.7 Å². The molecule has 1 saturated heterocycles. The number of piperidine rings is 1. The second kappa shape index (κ2) is 5.19. The lowest BCUT2D eigenvalue weighted by Gasteiger charge is -2.38. The molecule has 2 nitrogen and oxygen atoms in total. The van der Waals surface area contributed by atoms with Crippen molar-refractivity contribution in [2.75, 3.05) is 19.6 Å². The Kier molecular flexibility index (Phi) is 3.38. The fourth-order valence-electron chi connectivity index (χ4n) is 3.40. The number of thiophene rings is 1. The van der Waals surface area contributed by atoms with Gasteiger partial charge in [-0.15, -0.1) is 11.3 Å². The molecule has 3 aliphatic rings. The smallest absolute Gasteiger partial charge is 0.0201 e. The van der Waals surface area contributed by atoms with E-state index < -0.39 is 0 Å². The molecule has 0 radical (unpaired) electrons. The fraction of sp³-hybridized carbons (Fsp3) is 0.750. The number of hydrogen-bond donors (Lipinski definition) is 1. The van der Waals surface area contributed by atoms with Crippen LogP contribution in [0.1, 0.15) is 42.9 Å². The predicted octanol–water partition coefficient (Wildman–Crippen LogP) is 3.07. The number of nitrogens with zero attached hydrogens (tertiary/aromatic N) is 1. The lowest BCUT2D eigenvalue weighted by Crippen LogP contribution is -2.49. The van der Waals surface area contributed by atoms with Crippen LogP contribution in [0, 0.1) is 5.92 Å². The van der Waals surface area contributed by atoms with Crippen LogP contribution in [0.25, 0.3) is 0 Å². The molecule has 1 aromatic rings. The molecule has 3 fully saturated rings. The van der Waals surface area contributed by atoms with Crippen molar-refractivity contribution in [3.63, 3.8) is 0 Å². The minimum atomic E-state index is 0.724. The van der Waals surface area contributed by atoms with Crippen LogP contribution in [0.4, 0.5) is 0 Å². The van der Waals surface area contributed by atoms with Gasteiger partial charge in [-0.05, 0) is 56.0 Å². The highest BCUT2D eigenvalue weighted by Crippen LogP contribution is 2.36. The van der Waals surface area contributed by atoms with Crippen LogP contribution in [-0.2, 0) is 0 Å². The van der Waals surface area contributed by atoms with Crippen molar-refractivity contribution in [1.82, 2.24) is 10.2 Å². The molecule has 4 rings (SSSR count). The summed E-state index contributed by atoms with van der Waals surface area (Å²) in [7, 11) is 0. The van der Waals surface area contributed by atoms with Crippen molar-refractivity contribution in [2.45, 2.75) is 50.1 Å². The van der Waals surface area contributed by atoms with Gasteiger partial charge in [0.05, 0.1) is 0 Å². The molecule has 2 saturated carbocycles. The van der Waals surface area contributed by atoms with E-state index in [9.17, 15) is 0 Å². The van der Waals surface area contributed by atoms with Gasteiger partial charge in [-0.3, -0.25) is 4.90 Å². The molecular weight excluding hydrogens is 252 g/mol. The monoisotopic (exact) mass is 276 g/mol. The molecule has 1 aromatic heterocycles. The van der Waals surface area contributed by atoms with Gasteiger partial charge < -0.3 is 5.32 Å². The van der Waals surface area contributed by atoms with Crippen molar-refractivity contribution in [1.29, 1.82) is 0 Å². The zero-order chi connectivity index (χ0) is 12.7. The Balaban J connectivity index is 1.42. The van der Waals surface area contributed by atoms with Crippen LogP contribution >= 0.6 is 11.3 Å². The highest BCUT2D eigenvalue weighted by atomic mass is 32.1. The van der Waals surface area contributed by atoms with Crippen molar-refractivity contribution >= 4 is 11.3 Å². The molecule has 1 N–H and O–H groups in total. The average Bonchev–Trinajstić information content (AvgIpc) is 3.36. The molecule has 1 aliphatic heterocycles. The van der Waals surface area contributed by atoms with E-state index in [1.807, 2.05) is 11.3 Å². The molecular formula is C16H24N2S. The Morgan fingerprint density at radius 3 is 2.79 bits per heavy atom. The molecule has 104 valence electrons. The second-order valence-electron chi connectivity index (χ2n) is 6.68. The Labute approximate surface area is 120 Å². The molecule has 3 heteroatoms. The standard InChI is InChI=1S/C16H24N2S/c1-2-16(19-7-1)13-8-14(17-9-12-3-4-12)11-18(10-13)15-5-6-15/h1-2,7,12-15,17H,3-6,8-11H2. The third-order valence-electron chi connectivity index (χ3n) is 4.88. The zero-order valence-electron chi connectivity index (χ0n) is 11.6. The largest absolute Gasteiger partial charge is 0.312 e. The SMILES string of the molecule is c1csc(C2CC(NCC3CC3)CN(C3CC3)C2)c1. The summed E-state index contributed by atoms with van der Waals surface area (Å²) in [5.41, 5.74) is 0. The first-order valence-corrected chi connectivity index (χ1v) is 8.77. The Morgan fingerprint density at radius 2 is 2.11 bits per heavy atom. The molecule has 0 aromatic carbocycles. The summed E-state index contributed by atoms with van der Waals surface area (Å²) in [6.07, 6.45) is 7.14. The summed E-state index contributed by atoms with van der Waals surface area (Å²) < 4.78 is 0. The van der Waals surface area contributed by atoms with E-state index >= 15 is 0 Å². The second-order valence-corrected chi connectivity index (χ2v) is 7.66. The summed E-state index contributed by atoms with van der Waals surface area (Å²) in [5.74, 6) is 1.77. The van der Waals surface area contributed by atoms with Gasteiger partial charge >= 0.3 is 0 Å². The number of rotatable bonds is 5. The maximum Gasteiger partial charge on any atom is 0.0201 e. The van der Waals surface area contributed by atoms with E-state index in [0.717, 1.165) is 23.9 Å². The van der Waals surface area contributed by atoms with Crippen molar-refractivity contribution < 1.29 is 0 Å². The van der Waals surface area contributed by atoms with Gasteiger partial charge in [-0.2, -0.15) is 0 Å². The molecule has 19 heavy (non-hydrogen) atoms. The lowest BCUT2D eigenvalue weighted by atomic mass is 9.92. The van der Waals surface area contributed by atoms with E-state index in [-0.39, 0.29) is 0 Å². The van der Waals surface area contributed by atoms with Crippen LogP contribution in [0.5, 0.6) is 0 Å². The Morgan fingerprint density at radius 1 is 1.21 bits per heavy atom. The van der Waals surface area contributed by atoms with Crippen LogP contribution in [-0.4, -0.2) is 36.6 Å². The van der Waals surface area contributed by atoms with Gasteiger partial charge in [-0.1, -0.05) is 6.07 Å². The molecule has 2 heterocycles. The van der Waals surface area contributed by atoms with Crippen LogP contribution < -0.4 is 5.32 Å². The molecule has 0 amide bonds. The van der Waals surface area contributed by atoms with E-state index in [0.29, 0.717) is 0 Å². The first-order chi connectivity index (χ1) is 9.38. The highest BCUT2D eigenvalue weighted by molar-refractivity contribution is 7.10. The highest BCUT2D eigenvalue weighted by Gasteiger charge is 2.37. The minimum absolute atomic E-state index is 0.724. The maximum absolute atomic E-state index is 3.85. The zero-order valence-corrected chi connectivity index (χ0v) is 12.4. The predicted molar refractivity (Wildman–Crippen MR) is 80.8 cm³/mol. The summed E-state index contributed by atoms with van der Waals surface area (Å²) >= 11 is 1.95. The normalized spacial score (nSPS) is 32.6. The number of nitrogens with one attached hydrogen (secondary N) is 1. The van der Waals surface area contributed by atoms with Crippen LogP contribution in [0.2, 0.25) is 0 Å². The van der Waals surface area contributed by atoms with Gasteiger partial charge in [0.1, 0.15) is 0 Å². The van der Waals surface area contributed by atoms with Gasteiger partial charge in [-0.25, -0.2) is 0 Å². The van der Waals surface area contributed by atoms with Gasteiger partial charge in [0.25, 0.3) is 0 Å². The first-order valence-electron chi connectivity index (χ1n) is 7.89. The fourth-order valence-corrected chi connectivity index (χ4v) is 4.24. The maximum atomic E-state index is 3.85. The summed E-state index contributed by atoms with van der Waals surface area (Å²) in [6, 6.07) is 6.18. The Bertz CT molecular complexity index is 408. The molecule has 2 unspecified atom stereocenters. The topological polar surface area (TPSA) is 15.3 Å². The lowest BCUT2D eigenvalue weighted by molar-refractivity contribution is 0.164. The third-order valence-corrected chi connectivity index (χ3v) is 5.91. The quantitative estimate of drug-likeness (QED) is 0.889. The minimum Gasteiger partial charge on any atom is -0.312 e. The molecule has 0 spiro atoms. The van der Waals surface area contributed by atoms with E-state index in [1.54, 1.807) is 4.88 Å². The van der Waals surface area contributed by atoms with Gasteiger partial charge in [0.15, 0.2) is 0 Å². The molecule has 0 bridgehead atoms. The molecule has 2 atom stereocenters. The summed E-state index contributed by atoms with van der Waals surface area (Å²) in [4.78, 5) is 4.36. The van der Waals surface area contributed by atoms with E-state index in [4.69, 9.17) is 0 Å². The Hall–Kier alpha value is -0.380. The van der Waals surface area contributed by atoms with E-state index in [1.165, 1.54) is 51.7 Å². The van der Waals surface area contributed by atoms with Crippen molar-refractivity contribution in [2.24, 2.45) is 5.92 Å². The average molecular weight is 276 g/mol.